The number of aryl methyl sites for hydroxylation is 1. The summed E-state index contributed by atoms with van der Waals surface area (Å²) in [5, 5.41) is 7.04. The van der Waals surface area contributed by atoms with Gasteiger partial charge in [0, 0.05) is 42.6 Å². The molecule has 1 aliphatic heterocycles. The summed E-state index contributed by atoms with van der Waals surface area (Å²) in [6, 6.07) is 16.2. The molecule has 1 amide bonds. The van der Waals surface area contributed by atoms with Crippen molar-refractivity contribution in [3.63, 3.8) is 0 Å². The number of thiocarbonyl (C=S) groups is 1. The van der Waals surface area contributed by atoms with Gasteiger partial charge in [-0.1, -0.05) is 6.07 Å². The van der Waals surface area contributed by atoms with Crippen LogP contribution in [0.1, 0.15) is 48.9 Å². The molecular weight excluding hydrogens is 434 g/mol. The molecule has 0 bridgehead atoms. The molecule has 3 heterocycles. The number of hydrogen-bond acceptors (Lipinski definition) is 4. The molecule has 1 saturated heterocycles. The van der Waals surface area contributed by atoms with Crippen LogP contribution in [-0.4, -0.2) is 34.3 Å². The van der Waals surface area contributed by atoms with Crippen molar-refractivity contribution in [2.75, 3.05) is 23.9 Å². The fourth-order valence-electron chi connectivity index (χ4n) is 4.32. The molecule has 33 heavy (non-hydrogen) atoms. The molecule has 0 radical (unpaired) electrons. The van der Waals surface area contributed by atoms with Crippen LogP contribution in [0.2, 0.25) is 0 Å². The van der Waals surface area contributed by atoms with Crippen LogP contribution >= 0.6 is 12.2 Å². The number of aromatic nitrogens is 2. The van der Waals surface area contributed by atoms with Gasteiger partial charge in [-0.2, -0.15) is 0 Å². The van der Waals surface area contributed by atoms with E-state index in [1.54, 1.807) is 0 Å². The summed E-state index contributed by atoms with van der Waals surface area (Å²) in [5.41, 5.74) is 4.74. The zero-order valence-corrected chi connectivity index (χ0v) is 20.1. The van der Waals surface area contributed by atoms with E-state index in [-0.39, 0.29) is 24.6 Å². The second-order valence-electron chi connectivity index (χ2n) is 8.41. The van der Waals surface area contributed by atoms with Gasteiger partial charge < -0.3 is 24.8 Å². The fraction of sp³-hybridized carbons (Fsp3) is 0.320. The average molecular weight is 464 g/mol. The summed E-state index contributed by atoms with van der Waals surface area (Å²) in [5.74, 6) is -0.186. The maximum Gasteiger partial charge on any atom is 0.250 e. The lowest BCUT2D eigenvalue weighted by Gasteiger charge is -2.30. The van der Waals surface area contributed by atoms with E-state index < -0.39 is 0 Å². The van der Waals surface area contributed by atoms with Gasteiger partial charge in [0.25, 0.3) is 0 Å². The van der Waals surface area contributed by atoms with Gasteiger partial charge in [-0.25, -0.2) is 0 Å². The largest absolute Gasteiger partial charge is 0.375 e. The number of amides is 1. The number of pyridine rings is 1. The lowest BCUT2D eigenvalue weighted by molar-refractivity contribution is -0.119. The quantitative estimate of drug-likeness (QED) is 0.502. The second kappa shape index (κ2) is 9.72. The van der Waals surface area contributed by atoms with Crippen LogP contribution in [0.5, 0.6) is 0 Å². The third-order valence-electron chi connectivity index (χ3n) is 5.81. The molecule has 2 aromatic heterocycles. The van der Waals surface area contributed by atoms with Gasteiger partial charge >= 0.3 is 0 Å². The first-order valence-corrected chi connectivity index (χ1v) is 11.4. The molecule has 3 aromatic rings. The molecular formula is C25H29N5O2S. The minimum absolute atomic E-state index is 0.0152. The number of hydrogen-bond donors (Lipinski definition) is 2. The normalized spacial score (nSPS) is 18.0. The third-order valence-corrected chi connectivity index (χ3v) is 6.12. The Bertz CT molecular complexity index is 1140. The van der Waals surface area contributed by atoms with Crippen LogP contribution in [-0.2, 0) is 9.53 Å². The molecule has 4 rings (SSSR count). The number of carbonyl (C=O) groups excluding carboxylic acids is 1. The van der Waals surface area contributed by atoms with Gasteiger partial charge in [0.05, 0.1) is 11.7 Å². The van der Waals surface area contributed by atoms with Crippen molar-refractivity contribution < 1.29 is 9.53 Å². The number of anilines is 2. The first-order valence-electron chi connectivity index (χ1n) is 11.0. The topological polar surface area (TPSA) is 71.4 Å². The van der Waals surface area contributed by atoms with Crippen molar-refractivity contribution in [1.82, 2.24) is 14.9 Å². The highest BCUT2D eigenvalue weighted by atomic mass is 32.1. The molecule has 1 aromatic carbocycles. The predicted octanol–water partition coefficient (Wildman–Crippen LogP) is 4.53. The predicted molar refractivity (Wildman–Crippen MR) is 134 cm³/mol. The second-order valence-corrected chi connectivity index (χ2v) is 8.80. The molecule has 2 atom stereocenters. The molecule has 2 N–H and O–H groups in total. The standard InChI is InChI=1S/C25H29N5O2S/c1-16(2)29-13-7-9-21(29)24-23(20-8-5-6-12-26-20)28-25(33)30(24)18-10-11-19(17(3)14-18)27-22(31)15-32-4/h5-14,16,23-24H,15H2,1-4H3,(H,27,31)(H,28,33)/t23-,24+/m0/s1. The summed E-state index contributed by atoms with van der Waals surface area (Å²) >= 11 is 5.83. The van der Waals surface area contributed by atoms with Gasteiger partial charge in [0.1, 0.15) is 12.6 Å². The summed E-state index contributed by atoms with van der Waals surface area (Å²) in [4.78, 5) is 18.8. The molecule has 0 spiro atoms. The van der Waals surface area contributed by atoms with E-state index >= 15 is 0 Å². The minimum atomic E-state index is -0.186. The van der Waals surface area contributed by atoms with E-state index in [1.165, 1.54) is 7.11 Å². The highest BCUT2D eigenvalue weighted by Crippen LogP contribution is 2.42. The fourth-order valence-corrected chi connectivity index (χ4v) is 4.66. The number of nitrogens with zero attached hydrogens (tertiary/aromatic N) is 3. The van der Waals surface area contributed by atoms with E-state index in [1.807, 2.05) is 49.5 Å². The van der Waals surface area contributed by atoms with Crippen LogP contribution in [0.25, 0.3) is 0 Å². The summed E-state index contributed by atoms with van der Waals surface area (Å²) in [6.07, 6.45) is 3.91. The van der Waals surface area contributed by atoms with Gasteiger partial charge in [0.15, 0.2) is 5.11 Å². The van der Waals surface area contributed by atoms with Crippen LogP contribution in [0.4, 0.5) is 11.4 Å². The van der Waals surface area contributed by atoms with E-state index in [4.69, 9.17) is 17.0 Å². The molecule has 0 saturated carbocycles. The van der Waals surface area contributed by atoms with Crippen molar-refractivity contribution in [3.05, 3.63) is 77.9 Å². The summed E-state index contributed by atoms with van der Waals surface area (Å²) in [7, 11) is 1.50. The SMILES string of the molecule is COCC(=O)Nc1ccc(N2C(=S)N[C@@H](c3ccccn3)[C@H]2c2cccn2C(C)C)cc1C. The van der Waals surface area contributed by atoms with E-state index in [9.17, 15) is 4.79 Å². The Balaban J connectivity index is 1.76. The van der Waals surface area contributed by atoms with E-state index in [0.717, 1.165) is 28.3 Å². The molecule has 8 heteroatoms. The Morgan fingerprint density at radius 1 is 1.24 bits per heavy atom. The zero-order chi connectivity index (χ0) is 23.5. The third kappa shape index (κ3) is 4.62. The number of ether oxygens (including phenoxy) is 1. The van der Waals surface area contributed by atoms with E-state index in [2.05, 4.69) is 57.3 Å². The van der Waals surface area contributed by atoms with Crippen molar-refractivity contribution in [2.45, 2.75) is 38.9 Å². The number of carbonyl (C=O) groups is 1. The van der Waals surface area contributed by atoms with Crippen molar-refractivity contribution in [1.29, 1.82) is 0 Å². The lowest BCUT2D eigenvalue weighted by Crippen LogP contribution is -2.30. The Morgan fingerprint density at radius 2 is 2.06 bits per heavy atom. The van der Waals surface area contributed by atoms with Crippen LogP contribution in [0, 0.1) is 6.92 Å². The molecule has 1 fully saturated rings. The first kappa shape index (κ1) is 22.9. The highest BCUT2D eigenvalue weighted by molar-refractivity contribution is 7.80. The van der Waals surface area contributed by atoms with E-state index in [0.29, 0.717) is 11.2 Å². The monoisotopic (exact) mass is 463 g/mol. The smallest absolute Gasteiger partial charge is 0.250 e. The van der Waals surface area contributed by atoms with Gasteiger partial charge in [-0.3, -0.25) is 9.78 Å². The highest BCUT2D eigenvalue weighted by Gasteiger charge is 2.42. The Kier molecular flexibility index (Phi) is 6.76. The minimum Gasteiger partial charge on any atom is -0.375 e. The van der Waals surface area contributed by atoms with Gasteiger partial charge in [-0.15, -0.1) is 0 Å². The molecule has 0 aliphatic carbocycles. The Hall–Kier alpha value is -3.23. The summed E-state index contributed by atoms with van der Waals surface area (Å²) in [6.45, 7) is 6.33. The van der Waals surface area contributed by atoms with Gasteiger partial charge in [0.2, 0.25) is 5.91 Å². The summed E-state index contributed by atoms with van der Waals surface area (Å²) < 4.78 is 7.19. The number of rotatable bonds is 7. The number of methoxy groups -OCH3 is 1. The molecule has 7 nitrogen and oxygen atoms in total. The maximum absolute atomic E-state index is 12.0. The molecule has 172 valence electrons. The Labute approximate surface area is 199 Å². The van der Waals surface area contributed by atoms with Crippen molar-refractivity contribution in [3.8, 4) is 0 Å². The maximum atomic E-state index is 12.0. The number of benzene rings is 1. The molecule has 0 unspecified atom stereocenters. The Morgan fingerprint density at radius 3 is 2.73 bits per heavy atom. The zero-order valence-electron chi connectivity index (χ0n) is 19.3. The van der Waals surface area contributed by atoms with Gasteiger partial charge in [-0.05, 0) is 81.0 Å². The lowest BCUT2D eigenvalue weighted by atomic mass is 10.00. The number of nitrogens with one attached hydrogen (secondary N) is 2. The van der Waals surface area contributed by atoms with Crippen LogP contribution in [0.15, 0.2) is 60.9 Å². The van der Waals surface area contributed by atoms with Crippen molar-refractivity contribution in [2.24, 2.45) is 0 Å². The average Bonchev–Trinajstić information content (AvgIpc) is 3.40. The molecule has 1 aliphatic rings. The van der Waals surface area contributed by atoms with Crippen LogP contribution in [0.3, 0.4) is 0 Å². The first-order chi connectivity index (χ1) is 15.9. The van der Waals surface area contributed by atoms with Crippen molar-refractivity contribution >= 4 is 34.6 Å². The van der Waals surface area contributed by atoms with Crippen LogP contribution < -0.4 is 15.5 Å².